The number of nitrogens with zero attached hydrogens (tertiary/aromatic N) is 1. The summed E-state index contributed by atoms with van der Waals surface area (Å²) in [5.41, 5.74) is 0.234. The average Bonchev–Trinajstić information content (AvgIpc) is 2.28. The Labute approximate surface area is 104 Å². The van der Waals surface area contributed by atoms with E-state index in [1.54, 1.807) is 11.8 Å². The Hall–Kier alpha value is -1.30. The van der Waals surface area contributed by atoms with Crippen LogP contribution < -0.4 is 5.32 Å². The number of rotatable bonds is 7. The van der Waals surface area contributed by atoms with Crippen LogP contribution in [0.15, 0.2) is 18.2 Å². The van der Waals surface area contributed by atoms with E-state index in [0.29, 0.717) is 12.2 Å². The van der Waals surface area contributed by atoms with Crippen LogP contribution in [0, 0.1) is 15.9 Å². The number of halogens is 1. The van der Waals surface area contributed by atoms with Crippen molar-refractivity contribution >= 4 is 23.1 Å². The zero-order chi connectivity index (χ0) is 12.7. The van der Waals surface area contributed by atoms with Gasteiger partial charge in [0, 0.05) is 18.3 Å². The molecule has 94 valence electrons. The molecule has 0 saturated heterocycles. The Kier molecular flexibility index (Phi) is 5.76. The van der Waals surface area contributed by atoms with Crippen LogP contribution in [0.25, 0.3) is 0 Å². The number of non-ortho nitro benzene ring substituents is 1. The van der Waals surface area contributed by atoms with Crippen molar-refractivity contribution in [3.63, 3.8) is 0 Å². The van der Waals surface area contributed by atoms with Gasteiger partial charge in [0.2, 0.25) is 0 Å². The van der Waals surface area contributed by atoms with E-state index in [4.69, 9.17) is 0 Å². The molecule has 4 nitrogen and oxygen atoms in total. The third kappa shape index (κ3) is 5.04. The molecule has 0 fully saturated rings. The molecule has 0 aromatic heterocycles. The number of thioether (sulfide) groups is 1. The summed E-state index contributed by atoms with van der Waals surface area (Å²) in [6, 6.07) is 3.53. The molecule has 1 aromatic rings. The predicted molar refractivity (Wildman–Crippen MR) is 69.2 cm³/mol. The van der Waals surface area contributed by atoms with Crippen LogP contribution >= 0.6 is 11.8 Å². The van der Waals surface area contributed by atoms with E-state index in [2.05, 4.69) is 5.32 Å². The van der Waals surface area contributed by atoms with Gasteiger partial charge in [-0.3, -0.25) is 10.1 Å². The van der Waals surface area contributed by atoms with Crippen LogP contribution in [0.1, 0.15) is 12.8 Å². The Balaban J connectivity index is 2.50. The molecular formula is C11H15FN2O2S. The summed E-state index contributed by atoms with van der Waals surface area (Å²) in [6.07, 6.45) is 4.08. The molecular weight excluding hydrogens is 243 g/mol. The molecule has 0 unspecified atom stereocenters. The molecule has 0 heterocycles. The minimum Gasteiger partial charge on any atom is -0.385 e. The van der Waals surface area contributed by atoms with Gasteiger partial charge in [0.15, 0.2) is 0 Å². The molecule has 0 radical (unpaired) electrons. The first-order valence-corrected chi connectivity index (χ1v) is 6.70. The molecule has 6 heteroatoms. The number of nitro benzene ring substituents is 1. The zero-order valence-corrected chi connectivity index (χ0v) is 10.4. The Morgan fingerprint density at radius 3 is 2.82 bits per heavy atom. The second kappa shape index (κ2) is 7.11. The lowest BCUT2D eigenvalue weighted by Gasteiger charge is -2.06. The molecule has 0 atom stereocenters. The van der Waals surface area contributed by atoms with E-state index in [0.717, 1.165) is 24.7 Å². The molecule has 1 rings (SSSR count). The number of hydrogen-bond donors (Lipinski definition) is 1. The molecule has 0 bridgehead atoms. The van der Waals surface area contributed by atoms with Gasteiger partial charge in [-0.1, -0.05) is 0 Å². The van der Waals surface area contributed by atoms with E-state index in [1.807, 2.05) is 6.26 Å². The maximum atomic E-state index is 13.1. The molecule has 17 heavy (non-hydrogen) atoms. The standard InChI is InChI=1S/C11H15FN2O2S/c1-17-5-3-2-4-13-10-6-9(12)7-11(8-10)14(15)16/h6-8,13H,2-5H2,1H3. The topological polar surface area (TPSA) is 55.2 Å². The lowest BCUT2D eigenvalue weighted by Crippen LogP contribution is -2.03. The first-order chi connectivity index (χ1) is 8.13. The predicted octanol–water partition coefficient (Wildman–Crippen LogP) is 3.29. The number of benzene rings is 1. The molecule has 1 aromatic carbocycles. The van der Waals surface area contributed by atoms with Gasteiger partial charge in [-0.15, -0.1) is 0 Å². The Bertz CT molecular complexity index is 388. The number of unbranched alkanes of at least 4 members (excludes halogenated alkanes) is 1. The van der Waals surface area contributed by atoms with Crippen LogP contribution in [0.2, 0.25) is 0 Å². The monoisotopic (exact) mass is 258 g/mol. The van der Waals surface area contributed by atoms with Gasteiger partial charge >= 0.3 is 0 Å². The summed E-state index contributed by atoms with van der Waals surface area (Å²) in [7, 11) is 0. The molecule has 0 aliphatic rings. The number of anilines is 1. The van der Waals surface area contributed by atoms with Crippen molar-refractivity contribution in [2.75, 3.05) is 23.9 Å². The third-order valence-electron chi connectivity index (χ3n) is 2.20. The maximum Gasteiger partial charge on any atom is 0.274 e. The summed E-state index contributed by atoms with van der Waals surface area (Å²) >= 11 is 1.78. The normalized spacial score (nSPS) is 10.2. The first-order valence-electron chi connectivity index (χ1n) is 5.31. The lowest BCUT2D eigenvalue weighted by molar-refractivity contribution is -0.385. The van der Waals surface area contributed by atoms with Crippen molar-refractivity contribution in [1.29, 1.82) is 0 Å². The highest BCUT2D eigenvalue weighted by Crippen LogP contribution is 2.19. The summed E-state index contributed by atoms with van der Waals surface area (Å²) in [4.78, 5) is 9.93. The van der Waals surface area contributed by atoms with Gasteiger partial charge < -0.3 is 5.32 Å². The minimum atomic E-state index is -0.595. The van der Waals surface area contributed by atoms with Gasteiger partial charge in [-0.05, 0) is 30.9 Å². The van der Waals surface area contributed by atoms with Crippen LogP contribution in [0.3, 0.4) is 0 Å². The quantitative estimate of drug-likeness (QED) is 0.463. The Morgan fingerprint density at radius 1 is 1.41 bits per heavy atom. The number of nitrogens with one attached hydrogen (secondary N) is 1. The summed E-state index contributed by atoms with van der Waals surface area (Å²) < 4.78 is 13.1. The second-order valence-electron chi connectivity index (χ2n) is 3.58. The highest BCUT2D eigenvalue weighted by atomic mass is 32.2. The molecule has 0 amide bonds. The molecule has 0 aliphatic carbocycles. The van der Waals surface area contributed by atoms with Crippen molar-refractivity contribution in [2.24, 2.45) is 0 Å². The average molecular weight is 258 g/mol. The second-order valence-corrected chi connectivity index (χ2v) is 4.57. The number of nitro groups is 1. The van der Waals surface area contributed by atoms with Crippen molar-refractivity contribution in [3.05, 3.63) is 34.1 Å². The lowest BCUT2D eigenvalue weighted by atomic mass is 10.2. The van der Waals surface area contributed by atoms with E-state index in [-0.39, 0.29) is 5.69 Å². The number of hydrogen-bond acceptors (Lipinski definition) is 4. The van der Waals surface area contributed by atoms with Gasteiger partial charge in [-0.25, -0.2) is 4.39 Å². The fourth-order valence-electron chi connectivity index (χ4n) is 1.39. The van der Waals surface area contributed by atoms with E-state index < -0.39 is 10.7 Å². The highest BCUT2D eigenvalue weighted by Gasteiger charge is 2.09. The highest BCUT2D eigenvalue weighted by molar-refractivity contribution is 7.98. The van der Waals surface area contributed by atoms with Crippen LogP contribution in [0.4, 0.5) is 15.8 Å². The fourth-order valence-corrected chi connectivity index (χ4v) is 1.88. The van der Waals surface area contributed by atoms with Crippen molar-refractivity contribution in [3.8, 4) is 0 Å². The molecule has 1 N–H and O–H groups in total. The van der Waals surface area contributed by atoms with Gasteiger partial charge in [-0.2, -0.15) is 11.8 Å². The summed E-state index contributed by atoms with van der Waals surface area (Å²) in [5.74, 6) is 0.496. The van der Waals surface area contributed by atoms with Gasteiger partial charge in [0.25, 0.3) is 5.69 Å². The fraction of sp³-hybridized carbons (Fsp3) is 0.455. The zero-order valence-electron chi connectivity index (χ0n) is 9.61. The Morgan fingerprint density at radius 2 is 2.18 bits per heavy atom. The van der Waals surface area contributed by atoms with Crippen molar-refractivity contribution in [1.82, 2.24) is 0 Å². The third-order valence-corrected chi connectivity index (χ3v) is 2.89. The maximum absolute atomic E-state index is 13.1. The van der Waals surface area contributed by atoms with Gasteiger partial charge in [0.1, 0.15) is 5.82 Å². The van der Waals surface area contributed by atoms with Crippen LogP contribution in [-0.4, -0.2) is 23.5 Å². The smallest absolute Gasteiger partial charge is 0.274 e. The van der Waals surface area contributed by atoms with E-state index in [1.165, 1.54) is 12.1 Å². The van der Waals surface area contributed by atoms with Crippen molar-refractivity contribution in [2.45, 2.75) is 12.8 Å². The SMILES string of the molecule is CSCCCCNc1cc(F)cc([N+](=O)[O-])c1. The van der Waals surface area contributed by atoms with E-state index >= 15 is 0 Å². The molecule has 0 saturated carbocycles. The van der Waals surface area contributed by atoms with Gasteiger partial charge in [0.05, 0.1) is 11.0 Å². The molecule has 0 spiro atoms. The van der Waals surface area contributed by atoms with Crippen LogP contribution in [0.5, 0.6) is 0 Å². The molecule has 0 aliphatic heterocycles. The summed E-state index contributed by atoms with van der Waals surface area (Å²) in [6.45, 7) is 0.696. The minimum absolute atomic E-state index is 0.225. The largest absolute Gasteiger partial charge is 0.385 e. The van der Waals surface area contributed by atoms with Crippen molar-refractivity contribution < 1.29 is 9.31 Å². The van der Waals surface area contributed by atoms with E-state index in [9.17, 15) is 14.5 Å². The van der Waals surface area contributed by atoms with Crippen LogP contribution in [-0.2, 0) is 0 Å². The first kappa shape index (κ1) is 13.8. The summed E-state index contributed by atoms with van der Waals surface area (Å²) in [5, 5.41) is 13.5.